The average Bonchev–Trinajstić information content (AvgIpc) is 2.86. The summed E-state index contributed by atoms with van der Waals surface area (Å²) in [5.74, 6) is -0.361. The van der Waals surface area contributed by atoms with Crippen LogP contribution in [0.25, 0.3) is 0 Å². The molecule has 4 aromatic rings. The summed E-state index contributed by atoms with van der Waals surface area (Å²) in [6.07, 6.45) is 0. The fourth-order valence-corrected chi connectivity index (χ4v) is 5.16. The van der Waals surface area contributed by atoms with Crippen molar-refractivity contribution in [2.24, 2.45) is 0 Å². The van der Waals surface area contributed by atoms with Gasteiger partial charge in [-0.3, -0.25) is 9.10 Å². The van der Waals surface area contributed by atoms with Gasteiger partial charge < -0.3 is 5.32 Å². The molecule has 4 rings (SSSR count). The lowest BCUT2D eigenvalue weighted by Crippen LogP contribution is -2.30. The van der Waals surface area contributed by atoms with Crippen LogP contribution in [-0.2, 0) is 16.6 Å². The molecular weight excluding hydrogens is 444 g/mol. The summed E-state index contributed by atoms with van der Waals surface area (Å²) >= 11 is 0. The highest BCUT2D eigenvalue weighted by atomic mass is 32.2. The maximum Gasteiger partial charge on any atom is 0.264 e. The van der Waals surface area contributed by atoms with E-state index in [1.807, 2.05) is 68.4 Å². The van der Waals surface area contributed by atoms with E-state index in [0.717, 1.165) is 16.7 Å². The topological polar surface area (TPSA) is 66.5 Å². The van der Waals surface area contributed by atoms with Crippen LogP contribution in [0.4, 0.5) is 11.4 Å². The van der Waals surface area contributed by atoms with Gasteiger partial charge in [0, 0.05) is 11.3 Å². The molecule has 5 nitrogen and oxygen atoms in total. The van der Waals surface area contributed by atoms with Crippen LogP contribution >= 0.6 is 0 Å². The Kier molecular flexibility index (Phi) is 6.80. The lowest BCUT2D eigenvalue weighted by atomic mass is 10.1. The van der Waals surface area contributed by atoms with Crippen molar-refractivity contribution >= 4 is 27.3 Å². The molecule has 0 bridgehead atoms. The number of para-hydroxylation sites is 1. The molecule has 0 saturated heterocycles. The van der Waals surface area contributed by atoms with Gasteiger partial charge in [0.25, 0.3) is 15.9 Å². The number of anilines is 2. The van der Waals surface area contributed by atoms with Crippen molar-refractivity contribution in [2.75, 3.05) is 9.62 Å². The van der Waals surface area contributed by atoms with E-state index in [9.17, 15) is 13.2 Å². The zero-order valence-corrected chi connectivity index (χ0v) is 19.9. The molecule has 6 heteroatoms. The Morgan fingerprint density at radius 3 is 2.15 bits per heavy atom. The lowest BCUT2D eigenvalue weighted by molar-refractivity contribution is 0.102. The number of carbonyl (C=O) groups excluding carboxylic acids is 1. The molecule has 0 aliphatic rings. The van der Waals surface area contributed by atoms with Crippen molar-refractivity contribution in [1.82, 2.24) is 0 Å². The van der Waals surface area contributed by atoms with Gasteiger partial charge in [0.05, 0.1) is 17.1 Å². The zero-order valence-electron chi connectivity index (χ0n) is 19.1. The Morgan fingerprint density at radius 2 is 1.44 bits per heavy atom. The monoisotopic (exact) mass is 470 g/mol. The van der Waals surface area contributed by atoms with Crippen molar-refractivity contribution in [1.29, 1.82) is 0 Å². The third-order valence-electron chi connectivity index (χ3n) is 5.75. The Labute approximate surface area is 200 Å². The number of aryl methyl sites for hydroxylation is 1. The Bertz CT molecular complexity index is 1400. The van der Waals surface area contributed by atoms with E-state index in [1.165, 1.54) is 16.4 Å². The average molecular weight is 471 g/mol. The normalized spacial score (nSPS) is 11.1. The smallest absolute Gasteiger partial charge is 0.264 e. The highest BCUT2D eigenvalue weighted by molar-refractivity contribution is 7.92. The second kappa shape index (κ2) is 9.93. The molecule has 1 amide bonds. The number of amides is 1. The minimum Gasteiger partial charge on any atom is -0.322 e. The first-order valence-corrected chi connectivity index (χ1v) is 12.4. The second-order valence-corrected chi connectivity index (χ2v) is 9.92. The molecule has 0 aromatic heterocycles. The number of nitrogens with zero attached hydrogens (tertiary/aromatic N) is 1. The molecule has 172 valence electrons. The van der Waals surface area contributed by atoms with Crippen LogP contribution in [0.2, 0.25) is 0 Å². The molecule has 0 aliphatic heterocycles. The second-order valence-electron chi connectivity index (χ2n) is 8.06. The Hall–Kier alpha value is -3.90. The molecule has 1 N–H and O–H groups in total. The minimum atomic E-state index is -3.94. The van der Waals surface area contributed by atoms with Crippen molar-refractivity contribution < 1.29 is 13.2 Å². The summed E-state index contributed by atoms with van der Waals surface area (Å²) in [7, 11) is -3.94. The summed E-state index contributed by atoms with van der Waals surface area (Å²) in [5, 5.41) is 2.90. The van der Waals surface area contributed by atoms with Crippen LogP contribution in [0.1, 0.15) is 27.0 Å². The van der Waals surface area contributed by atoms with E-state index in [1.54, 1.807) is 36.4 Å². The number of hydrogen-bond acceptors (Lipinski definition) is 3. The SMILES string of the molecule is Cc1cccc(NC(=O)c2cccc(S(=O)(=O)N(Cc3ccccc3)c3ccccc3)c2)c1C. The maximum absolute atomic E-state index is 13.8. The van der Waals surface area contributed by atoms with E-state index < -0.39 is 10.0 Å². The van der Waals surface area contributed by atoms with Gasteiger partial charge in [-0.05, 0) is 66.9 Å². The van der Waals surface area contributed by atoms with Gasteiger partial charge in [0.15, 0.2) is 0 Å². The molecule has 4 aromatic carbocycles. The number of nitrogens with one attached hydrogen (secondary N) is 1. The molecule has 0 fully saturated rings. The third-order valence-corrected chi connectivity index (χ3v) is 7.52. The third kappa shape index (κ3) is 5.02. The molecule has 34 heavy (non-hydrogen) atoms. The fourth-order valence-electron chi connectivity index (χ4n) is 3.66. The molecule has 0 saturated carbocycles. The first kappa shape index (κ1) is 23.3. The first-order chi connectivity index (χ1) is 16.4. The number of carbonyl (C=O) groups is 1. The summed E-state index contributed by atoms with van der Waals surface area (Å²) in [6, 6.07) is 30.2. The van der Waals surface area contributed by atoms with Crippen molar-refractivity contribution in [3.63, 3.8) is 0 Å². The Balaban J connectivity index is 1.68. The van der Waals surface area contributed by atoms with Crippen LogP contribution in [0.15, 0.2) is 108 Å². The van der Waals surface area contributed by atoms with Crippen molar-refractivity contribution in [3.8, 4) is 0 Å². The van der Waals surface area contributed by atoms with Crippen molar-refractivity contribution in [3.05, 3.63) is 125 Å². The molecule has 0 aliphatic carbocycles. The standard InChI is InChI=1S/C28H26N2O3S/c1-21-11-9-18-27(22(21)2)29-28(31)24-14-10-17-26(19-24)34(32,33)30(25-15-7-4-8-16-25)20-23-12-5-3-6-13-23/h3-19H,20H2,1-2H3,(H,29,31). The van der Waals surface area contributed by atoms with E-state index in [2.05, 4.69) is 5.32 Å². The van der Waals surface area contributed by atoms with Crippen molar-refractivity contribution in [2.45, 2.75) is 25.3 Å². The van der Waals surface area contributed by atoms with Gasteiger partial charge in [-0.2, -0.15) is 0 Å². The Morgan fingerprint density at radius 1 is 0.794 bits per heavy atom. The summed E-state index contributed by atoms with van der Waals surface area (Å²) < 4.78 is 28.9. The summed E-state index contributed by atoms with van der Waals surface area (Å²) in [6.45, 7) is 4.09. The number of sulfonamides is 1. The summed E-state index contributed by atoms with van der Waals surface area (Å²) in [5.41, 5.74) is 4.42. The highest BCUT2D eigenvalue weighted by Crippen LogP contribution is 2.27. The van der Waals surface area contributed by atoms with Gasteiger partial charge in [0.2, 0.25) is 0 Å². The largest absolute Gasteiger partial charge is 0.322 e. The van der Waals surface area contributed by atoms with Crippen LogP contribution in [0, 0.1) is 13.8 Å². The quantitative estimate of drug-likeness (QED) is 0.363. The van der Waals surface area contributed by atoms with E-state index in [0.29, 0.717) is 11.4 Å². The van der Waals surface area contributed by atoms with Gasteiger partial charge in [-0.1, -0.05) is 66.7 Å². The van der Waals surface area contributed by atoms with Gasteiger partial charge in [0.1, 0.15) is 0 Å². The number of rotatable bonds is 7. The van der Waals surface area contributed by atoms with E-state index in [4.69, 9.17) is 0 Å². The van der Waals surface area contributed by atoms with Crippen LogP contribution in [-0.4, -0.2) is 14.3 Å². The van der Waals surface area contributed by atoms with E-state index >= 15 is 0 Å². The fraction of sp³-hybridized carbons (Fsp3) is 0.107. The summed E-state index contributed by atoms with van der Waals surface area (Å²) in [4.78, 5) is 13.0. The lowest BCUT2D eigenvalue weighted by Gasteiger charge is -2.25. The van der Waals surface area contributed by atoms with E-state index in [-0.39, 0.29) is 22.9 Å². The molecule has 0 atom stereocenters. The number of benzene rings is 4. The first-order valence-electron chi connectivity index (χ1n) is 11.0. The molecule has 0 unspecified atom stereocenters. The molecule has 0 radical (unpaired) electrons. The van der Waals surface area contributed by atoms with Crippen LogP contribution in [0.5, 0.6) is 0 Å². The maximum atomic E-state index is 13.8. The highest BCUT2D eigenvalue weighted by Gasteiger charge is 2.26. The van der Waals surface area contributed by atoms with Gasteiger partial charge >= 0.3 is 0 Å². The predicted molar refractivity (Wildman–Crippen MR) is 137 cm³/mol. The minimum absolute atomic E-state index is 0.0564. The molecular formula is C28H26N2O3S. The van der Waals surface area contributed by atoms with Crippen LogP contribution < -0.4 is 9.62 Å². The predicted octanol–water partition coefficient (Wildman–Crippen LogP) is 5.95. The molecule has 0 spiro atoms. The van der Waals surface area contributed by atoms with Crippen LogP contribution in [0.3, 0.4) is 0 Å². The molecule has 0 heterocycles. The number of hydrogen-bond donors (Lipinski definition) is 1. The van der Waals surface area contributed by atoms with Gasteiger partial charge in [-0.15, -0.1) is 0 Å². The van der Waals surface area contributed by atoms with Gasteiger partial charge in [-0.25, -0.2) is 8.42 Å². The zero-order chi connectivity index (χ0) is 24.1.